The summed E-state index contributed by atoms with van der Waals surface area (Å²) < 4.78 is 5.57. The number of ketones is 1. The van der Waals surface area contributed by atoms with Gasteiger partial charge in [0.15, 0.2) is 0 Å². The molecule has 9 heteroatoms. The van der Waals surface area contributed by atoms with Crippen molar-refractivity contribution in [2.24, 2.45) is 11.8 Å². The first-order valence-corrected chi connectivity index (χ1v) is 11.8. The summed E-state index contributed by atoms with van der Waals surface area (Å²) in [6.45, 7) is 4.96. The fraction of sp³-hybridized carbons (Fsp3) is 0.810. The molecule has 0 spiro atoms. The molecule has 1 N–H and O–H groups in total. The third-order valence-corrected chi connectivity index (χ3v) is 6.00. The molecule has 1 saturated carbocycles. The fourth-order valence-corrected chi connectivity index (χ4v) is 4.41. The second-order valence-electron chi connectivity index (χ2n) is 8.62. The van der Waals surface area contributed by atoms with E-state index in [1.165, 1.54) is 31.0 Å². The van der Waals surface area contributed by atoms with Crippen LogP contribution in [0.15, 0.2) is 9.64 Å². The van der Waals surface area contributed by atoms with Crippen molar-refractivity contribution in [3.8, 4) is 0 Å². The van der Waals surface area contributed by atoms with Crippen molar-refractivity contribution in [2.75, 3.05) is 26.4 Å². The lowest BCUT2D eigenvalue weighted by atomic mass is 9.90. The molecule has 1 aliphatic carbocycles. The van der Waals surface area contributed by atoms with Gasteiger partial charge in [0.1, 0.15) is 0 Å². The summed E-state index contributed by atoms with van der Waals surface area (Å²) in [4.78, 5) is 27.9. The Balaban J connectivity index is 0.00000450. The van der Waals surface area contributed by atoms with E-state index in [0.717, 1.165) is 38.0 Å². The van der Waals surface area contributed by atoms with E-state index < -0.39 is 6.04 Å². The fourth-order valence-electron chi connectivity index (χ4n) is 3.54. The summed E-state index contributed by atoms with van der Waals surface area (Å²) in [5.41, 5.74) is 0. The van der Waals surface area contributed by atoms with Crippen LogP contribution in [0.25, 0.3) is 0 Å². The van der Waals surface area contributed by atoms with Crippen LogP contribution in [0.5, 0.6) is 0 Å². The van der Waals surface area contributed by atoms with Crippen molar-refractivity contribution >= 4 is 35.9 Å². The summed E-state index contributed by atoms with van der Waals surface area (Å²) >= 11 is 1.43. The standard InChI is InChI=1S/C21H36N4O3S.ClH/c1-15(2)14-17(22-19(27)16-10-8-6-5-7-9-11-16)18(26)20-23-24-21(28-20)29-13-12-25(3)4;/h15-17H,5-14H2,1-4H3,(H,22,27);1H. The minimum absolute atomic E-state index is 0. The minimum Gasteiger partial charge on any atom is -0.408 e. The zero-order valence-corrected chi connectivity index (χ0v) is 20.3. The average Bonchev–Trinajstić information content (AvgIpc) is 3.08. The highest BCUT2D eigenvalue weighted by atomic mass is 35.5. The lowest BCUT2D eigenvalue weighted by Crippen LogP contribution is -2.44. The second kappa shape index (κ2) is 14.0. The first-order chi connectivity index (χ1) is 13.9. The number of nitrogens with zero attached hydrogens (tertiary/aromatic N) is 3. The molecule has 1 atom stereocenters. The first kappa shape index (κ1) is 26.9. The Morgan fingerprint density at radius 1 is 1.13 bits per heavy atom. The van der Waals surface area contributed by atoms with Gasteiger partial charge in [-0.15, -0.1) is 22.6 Å². The number of hydrogen-bond donors (Lipinski definition) is 1. The van der Waals surface area contributed by atoms with E-state index in [2.05, 4.69) is 20.4 Å². The van der Waals surface area contributed by atoms with E-state index in [4.69, 9.17) is 4.42 Å². The van der Waals surface area contributed by atoms with Gasteiger partial charge in [-0.3, -0.25) is 9.59 Å². The Hall–Kier alpha value is -1.12. The summed E-state index contributed by atoms with van der Waals surface area (Å²) in [7, 11) is 4.00. The number of halogens is 1. The Labute approximate surface area is 190 Å². The van der Waals surface area contributed by atoms with Crippen LogP contribution in [0.3, 0.4) is 0 Å². The normalized spacial score (nSPS) is 16.6. The Morgan fingerprint density at radius 2 is 1.77 bits per heavy atom. The number of amides is 1. The van der Waals surface area contributed by atoms with E-state index in [9.17, 15) is 9.59 Å². The zero-order valence-electron chi connectivity index (χ0n) is 18.7. The van der Waals surface area contributed by atoms with Gasteiger partial charge in [0.25, 0.3) is 11.1 Å². The summed E-state index contributed by atoms with van der Waals surface area (Å²) in [5.74, 6) is 0.754. The SMILES string of the molecule is CC(C)CC(NC(=O)C1CCCCCCC1)C(=O)c1nnc(SCCN(C)C)o1.Cl. The molecule has 2 rings (SSSR count). The number of aromatic nitrogens is 2. The molecular weight excluding hydrogens is 424 g/mol. The summed E-state index contributed by atoms with van der Waals surface area (Å²) in [5, 5.41) is 11.3. The zero-order chi connectivity index (χ0) is 21.2. The molecule has 0 bridgehead atoms. The molecule has 30 heavy (non-hydrogen) atoms. The average molecular weight is 461 g/mol. The Kier molecular flexibility index (Phi) is 12.6. The summed E-state index contributed by atoms with van der Waals surface area (Å²) in [6.07, 6.45) is 8.17. The van der Waals surface area contributed by atoms with Gasteiger partial charge in [0.05, 0.1) is 6.04 Å². The molecule has 0 saturated heterocycles. The molecule has 1 aromatic heterocycles. The van der Waals surface area contributed by atoms with E-state index >= 15 is 0 Å². The minimum atomic E-state index is -0.618. The number of Topliss-reactive ketones (excluding diaryl/α,β-unsaturated/α-hetero) is 1. The van der Waals surface area contributed by atoms with Crippen LogP contribution in [-0.4, -0.2) is 59.2 Å². The van der Waals surface area contributed by atoms with Gasteiger partial charge in [-0.2, -0.15) is 0 Å². The van der Waals surface area contributed by atoms with Gasteiger partial charge in [-0.1, -0.05) is 57.7 Å². The van der Waals surface area contributed by atoms with Crippen molar-refractivity contribution in [2.45, 2.75) is 76.5 Å². The van der Waals surface area contributed by atoms with Crippen LogP contribution in [0, 0.1) is 11.8 Å². The van der Waals surface area contributed by atoms with E-state index in [-0.39, 0.29) is 41.8 Å². The summed E-state index contributed by atoms with van der Waals surface area (Å²) in [6, 6.07) is -0.618. The number of rotatable bonds is 10. The van der Waals surface area contributed by atoms with Crippen molar-refractivity contribution < 1.29 is 14.0 Å². The molecule has 0 aliphatic heterocycles. The van der Waals surface area contributed by atoms with Gasteiger partial charge in [0.2, 0.25) is 11.7 Å². The highest BCUT2D eigenvalue weighted by Crippen LogP contribution is 2.23. The maximum atomic E-state index is 13.0. The van der Waals surface area contributed by atoms with Crippen LogP contribution in [0.4, 0.5) is 0 Å². The quantitative estimate of drug-likeness (QED) is 0.413. The number of thioether (sulfide) groups is 1. The molecule has 0 radical (unpaired) electrons. The molecule has 1 fully saturated rings. The molecule has 1 unspecified atom stereocenters. The predicted molar refractivity (Wildman–Crippen MR) is 122 cm³/mol. The highest BCUT2D eigenvalue weighted by Gasteiger charge is 2.30. The number of carbonyl (C=O) groups excluding carboxylic acids is 2. The predicted octanol–water partition coefficient (Wildman–Crippen LogP) is 4.22. The van der Waals surface area contributed by atoms with Crippen molar-refractivity contribution in [1.29, 1.82) is 0 Å². The first-order valence-electron chi connectivity index (χ1n) is 10.8. The van der Waals surface area contributed by atoms with Crippen LogP contribution in [-0.2, 0) is 4.79 Å². The molecule has 0 aromatic carbocycles. The van der Waals surface area contributed by atoms with Crippen LogP contribution < -0.4 is 5.32 Å². The van der Waals surface area contributed by atoms with E-state index in [0.29, 0.717) is 11.6 Å². The lowest BCUT2D eigenvalue weighted by molar-refractivity contribution is -0.126. The van der Waals surface area contributed by atoms with Gasteiger partial charge < -0.3 is 14.6 Å². The third-order valence-electron chi connectivity index (χ3n) is 5.20. The molecule has 1 heterocycles. The number of nitrogens with one attached hydrogen (secondary N) is 1. The highest BCUT2D eigenvalue weighted by molar-refractivity contribution is 7.99. The van der Waals surface area contributed by atoms with Crippen LogP contribution in [0.1, 0.15) is 75.9 Å². The van der Waals surface area contributed by atoms with Crippen molar-refractivity contribution in [1.82, 2.24) is 20.4 Å². The van der Waals surface area contributed by atoms with Crippen molar-refractivity contribution in [3.63, 3.8) is 0 Å². The largest absolute Gasteiger partial charge is 0.408 e. The van der Waals surface area contributed by atoms with Crippen LogP contribution in [0.2, 0.25) is 0 Å². The van der Waals surface area contributed by atoms with Gasteiger partial charge in [0, 0.05) is 18.2 Å². The van der Waals surface area contributed by atoms with E-state index in [1.807, 2.05) is 27.9 Å². The smallest absolute Gasteiger partial charge is 0.286 e. The molecule has 172 valence electrons. The van der Waals surface area contributed by atoms with Gasteiger partial charge >= 0.3 is 0 Å². The maximum Gasteiger partial charge on any atom is 0.286 e. The monoisotopic (exact) mass is 460 g/mol. The topological polar surface area (TPSA) is 88.3 Å². The Morgan fingerprint density at radius 3 is 2.37 bits per heavy atom. The van der Waals surface area contributed by atoms with Crippen molar-refractivity contribution in [3.05, 3.63) is 5.89 Å². The molecule has 1 amide bonds. The maximum absolute atomic E-state index is 13.0. The molecular formula is C21H37ClN4O3S. The Bertz CT molecular complexity index is 646. The molecule has 7 nitrogen and oxygen atoms in total. The van der Waals surface area contributed by atoms with Crippen LogP contribution >= 0.6 is 24.2 Å². The third kappa shape index (κ3) is 9.35. The molecule has 1 aliphatic rings. The second-order valence-corrected chi connectivity index (χ2v) is 9.67. The van der Waals surface area contributed by atoms with Gasteiger partial charge in [-0.25, -0.2) is 0 Å². The van der Waals surface area contributed by atoms with Gasteiger partial charge in [-0.05, 0) is 39.3 Å². The molecule has 1 aromatic rings. The number of carbonyl (C=O) groups is 2. The number of hydrogen-bond acceptors (Lipinski definition) is 7. The lowest BCUT2D eigenvalue weighted by Gasteiger charge is -2.23. The van der Waals surface area contributed by atoms with E-state index in [1.54, 1.807) is 0 Å².